The minimum absolute atomic E-state index is 0.385. The number of rotatable bonds is 2. The maximum absolute atomic E-state index is 11.0. The molecule has 3 rings (SSSR count). The third kappa shape index (κ3) is 1.65. The summed E-state index contributed by atoms with van der Waals surface area (Å²) in [5.74, 6) is 0.385. The molecule has 3 nitrogen and oxygen atoms in total. The van der Waals surface area contributed by atoms with E-state index in [1.165, 1.54) is 12.8 Å². The van der Waals surface area contributed by atoms with Gasteiger partial charge in [0.2, 0.25) is 0 Å². The van der Waals surface area contributed by atoms with Crippen LogP contribution in [0.15, 0.2) is 24.7 Å². The maximum atomic E-state index is 11.0. The standard InChI is InChI=1S/C15H20N2O/c1-15(18,11-5-3-4-6-11)13-10-17(2)14-9-16-8-7-12(13)14/h7-11,18H,3-6H2,1-2H3. The molecule has 2 aromatic rings. The monoisotopic (exact) mass is 244 g/mol. The van der Waals surface area contributed by atoms with E-state index in [9.17, 15) is 5.11 Å². The fourth-order valence-corrected chi connectivity index (χ4v) is 3.34. The van der Waals surface area contributed by atoms with Crippen molar-refractivity contribution in [2.24, 2.45) is 13.0 Å². The summed E-state index contributed by atoms with van der Waals surface area (Å²) in [7, 11) is 2.01. The second kappa shape index (κ2) is 4.09. The molecule has 0 amide bonds. The summed E-state index contributed by atoms with van der Waals surface area (Å²) < 4.78 is 2.06. The largest absolute Gasteiger partial charge is 0.385 e. The third-order valence-electron chi connectivity index (χ3n) is 4.49. The Morgan fingerprint density at radius 2 is 2.11 bits per heavy atom. The van der Waals surface area contributed by atoms with Gasteiger partial charge >= 0.3 is 0 Å². The Hall–Kier alpha value is -1.35. The van der Waals surface area contributed by atoms with Gasteiger partial charge in [0.25, 0.3) is 0 Å². The molecule has 1 N–H and O–H groups in total. The number of fused-ring (bicyclic) bond motifs is 1. The van der Waals surface area contributed by atoms with Crippen LogP contribution in [0.1, 0.15) is 38.2 Å². The minimum atomic E-state index is -0.725. The van der Waals surface area contributed by atoms with E-state index in [0.717, 1.165) is 29.3 Å². The Morgan fingerprint density at radius 1 is 1.39 bits per heavy atom. The van der Waals surface area contributed by atoms with Gasteiger partial charge in [-0.25, -0.2) is 0 Å². The molecule has 1 fully saturated rings. The Kier molecular flexibility index (Phi) is 2.67. The summed E-state index contributed by atoms with van der Waals surface area (Å²) in [5, 5.41) is 12.1. The lowest BCUT2D eigenvalue weighted by Gasteiger charge is -2.30. The van der Waals surface area contributed by atoms with E-state index < -0.39 is 5.60 Å². The number of aryl methyl sites for hydroxylation is 1. The summed E-state index contributed by atoms with van der Waals surface area (Å²) in [6.07, 6.45) is 10.5. The molecule has 2 aromatic heterocycles. The predicted octanol–water partition coefficient (Wildman–Crippen LogP) is 2.97. The van der Waals surface area contributed by atoms with E-state index in [0.29, 0.717) is 5.92 Å². The van der Waals surface area contributed by atoms with Gasteiger partial charge in [0.05, 0.1) is 17.3 Å². The van der Waals surface area contributed by atoms with Gasteiger partial charge in [0, 0.05) is 30.4 Å². The molecule has 0 aliphatic heterocycles. The number of aliphatic hydroxyl groups is 1. The zero-order valence-electron chi connectivity index (χ0n) is 11.1. The SMILES string of the molecule is Cn1cc(C(C)(O)C2CCCC2)c2ccncc21. The molecule has 1 unspecified atom stereocenters. The van der Waals surface area contributed by atoms with Crippen LogP contribution < -0.4 is 0 Å². The quantitative estimate of drug-likeness (QED) is 0.882. The van der Waals surface area contributed by atoms with Crippen LogP contribution in [0, 0.1) is 5.92 Å². The summed E-state index contributed by atoms with van der Waals surface area (Å²) in [6.45, 7) is 1.97. The molecule has 1 aliphatic rings. The van der Waals surface area contributed by atoms with Crippen molar-refractivity contribution in [3.63, 3.8) is 0 Å². The zero-order valence-corrected chi connectivity index (χ0v) is 11.1. The highest BCUT2D eigenvalue weighted by atomic mass is 16.3. The molecule has 3 heteroatoms. The number of hydrogen-bond donors (Lipinski definition) is 1. The Bertz CT molecular complexity index is 565. The van der Waals surface area contributed by atoms with Gasteiger partial charge < -0.3 is 9.67 Å². The fourth-order valence-electron chi connectivity index (χ4n) is 3.34. The molecule has 0 radical (unpaired) electrons. The Morgan fingerprint density at radius 3 is 2.83 bits per heavy atom. The van der Waals surface area contributed by atoms with Crippen molar-refractivity contribution in [2.45, 2.75) is 38.2 Å². The zero-order chi connectivity index (χ0) is 12.8. The van der Waals surface area contributed by atoms with Crippen molar-refractivity contribution < 1.29 is 5.11 Å². The van der Waals surface area contributed by atoms with Gasteiger partial charge in [-0.15, -0.1) is 0 Å². The summed E-state index contributed by atoms with van der Waals surface area (Å²) >= 11 is 0. The first-order valence-electron chi connectivity index (χ1n) is 6.72. The molecule has 1 saturated carbocycles. The first kappa shape index (κ1) is 11.7. The second-order valence-electron chi connectivity index (χ2n) is 5.68. The minimum Gasteiger partial charge on any atom is -0.385 e. The van der Waals surface area contributed by atoms with E-state index in [-0.39, 0.29) is 0 Å². The molecule has 2 heterocycles. The van der Waals surface area contributed by atoms with E-state index in [2.05, 4.69) is 15.7 Å². The fraction of sp³-hybridized carbons (Fsp3) is 0.533. The average molecular weight is 244 g/mol. The highest BCUT2D eigenvalue weighted by molar-refractivity contribution is 5.83. The Balaban J connectivity index is 2.13. The average Bonchev–Trinajstić information content (AvgIpc) is 2.98. The summed E-state index contributed by atoms with van der Waals surface area (Å²) in [4.78, 5) is 4.16. The topological polar surface area (TPSA) is 38.0 Å². The van der Waals surface area contributed by atoms with Crippen LogP contribution in [0.2, 0.25) is 0 Å². The van der Waals surface area contributed by atoms with Gasteiger partial charge in [-0.2, -0.15) is 0 Å². The maximum Gasteiger partial charge on any atom is 0.0917 e. The number of nitrogens with zero attached hydrogens (tertiary/aromatic N) is 2. The van der Waals surface area contributed by atoms with Crippen molar-refractivity contribution in [3.8, 4) is 0 Å². The highest BCUT2D eigenvalue weighted by Crippen LogP contribution is 2.42. The smallest absolute Gasteiger partial charge is 0.0917 e. The first-order chi connectivity index (χ1) is 8.60. The van der Waals surface area contributed by atoms with Crippen LogP contribution in [0.5, 0.6) is 0 Å². The van der Waals surface area contributed by atoms with Crippen LogP contribution in [0.4, 0.5) is 0 Å². The summed E-state index contributed by atoms with van der Waals surface area (Å²) in [5.41, 5.74) is 1.41. The van der Waals surface area contributed by atoms with E-state index >= 15 is 0 Å². The van der Waals surface area contributed by atoms with Gasteiger partial charge in [-0.1, -0.05) is 12.8 Å². The molecule has 0 aromatic carbocycles. The van der Waals surface area contributed by atoms with Crippen molar-refractivity contribution in [1.29, 1.82) is 0 Å². The predicted molar refractivity (Wildman–Crippen MR) is 72.2 cm³/mol. The third-order valence-corrected chi connectivity index (χ3v) is 4.49. The van der Waals surface area contributed by atoms with Crippen molar-refractivity contribution >= 4 is 10.9 Å². The molecular weight excluding hydrogens is 224 g/mol. The van der Waals surface area contributed by atoms with Crippen molar-refractivity contribution in [2.75, 3.05) is 0 Å². The normalized spacial score (nSPS) is 20.4. The molecule has 1 aliphatic carbocycles. The number of aromatic nitrogens is 2. The second-order valence-corrected chi connectivity index (χ2v) is 5.68. The van der Waals surface area contributed by atoms with Crippen molar-refractivity contribution in [1.82, 2.24) is 9.55 Å². The summed E-state index contributed by atoms with van der Waals surface area (Å²) in [6, 6.07) is 2.01. The van der Waals surface area contributed by atoms with Gasteiger partial charge in [0.1, 0.15) is 0 Å². The Labute approximate surface area is 107 Å². The lowest BCUT2D eigenvalue weighted by molar-refractivity contribution is -0.00206. The van der Waals surface area contributed by atoms with E-state index in [1.54, 1.807) is 6.20 Å². The van der Waals surface area contributed by atoms with Gasteiger partial charge in [-0.3, -0.25) is 4.98 Å². The van der Waals surface area contributed by atoms with Crippen LogP contribution in [-0.2, 0) is 12.6 Å². The molecule has 0 bridgehead atoms. The van der Waals surface area contributed by atoms with Crippen LogP contribution in [0.3, 0.4) is 0 Å². The van der Waals surface area contributed by atoms with Crippen molar-refractivity contribution in [3.05, 3.63) is 30.2 Å². The first-order valence-corrected chi connectivity index (χ1v) is 6.72. The molecule has 0 saturated heterocycles. The lowest BCUT2D eigenvalue weighted by atomic mass is 9.82. The van der Waals surface area contributed by atoms with Crippen LogP contribution in [0.25, 0.3) is 10.9 Å². The number of hydrogen-bond acceptors (Lipinski definition) is 2. The van der Waals surface area contributed by atoms with Crippen LogP contribution >= 0.6 is 0 Å². The lowest BCUT2D eigenvalue weighted by Crippen LogP contribution is -2.29. The van der Waals surface area contributed by atoms with E-state index in [1.807, 2.05) is 26.2 Å². The molecule has 96 valence electrons. The van der Waals surface area contributed by atoms with Gasteiger partial charge in [0.15, 0.2) is 0 Å². The molecular formula is C15H20N2O. The number of pyridine rings is 1. The molecule has 1 atom stereocenters. The highest BCUT2D eigenvalue weighted by Gasteiger charge is 2.37. The van der Waals surface area contributed by atoms with Gasteiger partial charge in [-0.05, 0) is 31.7 Å². The molecule has 0 spiro atoms. The van der Waals surface area contributed by atoms with E-state index in [4.69, 9.17) is 0 Å². The van der Waals surface area contributed by atoms with Crippen LogP contribution in [-0.4, -0.2) is 14.7 Å². The molecule has 18 heavy (non-hydrogen) atoms.